The van der Waals surface area contributed by atoms with Crippen LogP contribution in [-0.4, -0.2) is 48.3 Å². The average molecular weight is 362 g/mol. The molecule has 0 spiro atoms. The van der Waals surface area contributed by atoms with E-state index in [1.54, 1.807) is 17.0 Å². The van der Waals surface area contributed by atoms with Crippen LogP contribution in [0.3, 0.4) is 0 Å². The van der Waals surface area contributed by atoms with Gasteiger partial charge in [0.05, 0.1) is 12.6 Å². The molecule has 3 amide bonds. The molecule has 1 aromatic rings. The van der Waals surface area contributed by atoms with Crippen LogP contribution in [0.2, 0.25) is 0 Å². The molecule has 1 rings (SSSR count). The summed E-state index contributed by atoms with van der Waals surface area (Å²) < 4.78 is 0. The number of amides is 3. The number of hydrogen-bond acceptors (Lipinski definition) is 4. The quantitative estimate of drug-likeness (QED) is 0.606. The molecule has 0 aliphatic carbocycles. The van der Waals surface area contributed by atoms with Crippen molar-refractivity contribution >= 4 is 17.7 Å². The zero-order valence-corrected chi connectivity index (χ0v) is 16.0. The maximum Gasteiger partial charge on any atom is 0.253 e. The summed E-state index contributed by atoms with van der Waals surface area (Å²) in [5, 5.41) is 5.25. The zero-order chi connectivity index (χ0) is 19.7. The van der Waals surface area contributed by atoms with E-state index in [1.165, 1.54) is 0 Å². The molecule has 0 aliphatic heterocycles. The first-order valence-electron chi connectivity index (χ1n) is 8.98. The van der Waals surface area contributed by atoms with Crippen molar-refractivity contribution in [2.24, 2.45) is 11.7 Å². The maximum absolute atomic E-state index is 12.2. The van der Waals surface area contributed by atoms with E-state index >= 15 is 0 Å². The van der Waals surface area contributed by atoms with Gasteiger partial charge in [-0.15, -0.1) is 0 Å². The van der Waals surface area contributed by atoms with Gasteiger partial charge in [0.2, 0.25) is 11.8 Å². The molecule has 0 saturated carbocycles. The van der Waals surface area contributed by atoms with Gasteiger partial charge in [-0.25, -0.2) is 0 Å². The van der Waals surface area contributed by atoms with Crippen LogP contribution in [-0.2, 0) is 16.1 Å². The van der Waals surface area contributed by atoms with Crippen molar-refractivity contribution in [1.29, 1.82) is 0 Å². The van der Waals surface area contributed by atoms with Crippen molar-refractivity contribution in [2.75, 3.05) is 19.6 Å². The fourth-order valence-electron chi connectivity index (χ4n) is 2.31. The van der Waals surface area contributed by atoms with Crippen LogP contribution in [0.25, 0.3) is 0 Å². The molecule has 0 saturated heterocycles. The minimum Gasteiger partial charge on any atom is -0.350 e. The first-order valence-corrected chi connectivity index (χ1v) is 8.98. The second-order valence-corrected chi connectivity index (χ2v) is 6.44. The van der Waals surface area contributed by atoms with Crippen LogP contribution in [0.15, 0.2) is 24.3 Å². The lowest BCUT2D eigenvalue weighted by atomic mass is 10.1. The number of benzene rings is 1. The molecule has 1 atom stereocenters. The summed E-state index contributed by atoms with van der Waals surface area (Å²) in [6.45, 7) is 9.12. The van der Waals surface area contributed by atoms with Crippen molar-refractivity contribution in [3.63, 3.8) is 0 Å². The Morgan fingerprint density at radius 1 is 1.04 bits per heavy atom. The van der Waals surface area contributed by atoms with Crippen LogP contribution in [0.5, 0.6) is 0 Å². The van der Waals surface area contributed by atoms with Gasteiger partial charge in [-0.1, -0.05) is 26.0 Å². The highest BCUT2D eigenvalue weighted by Crippen LogP contribution is 2.08. The van der Waals surface area contributed by atoms with Crippen LogP contribution in [0.1, 0.15) is 43.6 Å². The third kappa shape index (κ3) is 6.48. The number of carbonyl (C=O) groups is 3. The maximum atomic E-state index is 12.2. The fraction of sp³-hybridized carbons (Fsp3) is 0.526. The Morgan fingerprint density at radius 2 is 1.62 bits per heavy atom. The predicted octanol–water partition coefficient (Wildman–Crippen LogP) is 0.884. The van der Waals surface area contributed by atoms with E-state index in [0.29, 0.717) is 25.2 Å². The van der Waals surface area contributed by atoms with E-state index in [9.17, 15) is 14.4 Å². The third-order valence-electron chi connectivity index (χ3n) is 4.19. The summed E-state index contributed by atoms with van der Waals surface area (Å²) >= 11 is 0. The van der Waals surface area contributed by atoms with Crippen LogP contribution in [0.4, 0.5) is 0 Å². The van der Waals surface area contributed by atoms with E-state index in [1.807, 2.05) is 39.8 Å². The van der Waals surface area contributed by atoms with Gasteiger partial charge in [-0.3, -0.25) is 14.4 Å². The minimum atomic E-state index is -0.626. The number of nitrogens with one attached hydrogen (secondary N) is 2. The number of hydrogen-bond donors (Lipinski definition) is 3. The molecule has 7 heteroatoms. The van der Waals surface area contributed by atoms with E-state index < -0.39 is 6.04 Å². The monoisotopic (exact) mass is 362 g/mol. The molecule has 7 nitrogen and oxygen atoms in total. The number of nitrogens with two attached hydrogens (primary N) is 1. The van der Waals surface area contributed by atoms with Crippen molar-refractivity contribution < 1.29 is 14.4 Å². The summed E-state index contributed by atoms with van der Waals surface area (Å²) in [5.41, 5.74) is 7.21. The summed E-state index contributed by atoms with van der Waals surface area (Å²) in [5.74, 6) is -0.627. The molecule has 144 valence electrons. The number of rotatable bonds is 9. The van der Waals surface area contributed by atoms with Crippen molar-refractivity contribution in [3.05, 3.63) is 35.4 Å². The molecule has 1 aromatic carbocycles. The van der Waals surface area contributed by atoms with Crippen molar-refractivity contribution in [3.8, 4) is 0 Å². The highest BCUT2D eigenvalue weighted by atomic mass is 16.2. The molecule has 0 aromatic heterocycles. The molecule has 0 radical (unpaired) electrons. The first-order chi connectivity index (χ1) is 12.3. The highest BCUT2D eigenvalue weighted by molar-refractivity contribution is 5.94. The molecule has 4 N–H and O–H groups in total. The Labute approximate surface area is 155 Å². The van der Waals surface area contributed by atoms with Gasteiger partial charge in [0.1, 0.15) is 0 Å². The van der Waals surface area contributed by atoms with Gasteiger partial charge in [-0.2, -0.15) is 0 Å². The Hall–Kier alpha value is -2.41. The molecular formula is C19H30N4O3. The largest absolute Gasteiger partial charge is 0.350 e. The summed E-state index contributed by atoms with van der Waals surface area (Å²) in [4.78, 5) is 37.5. The molecule has 0 fully saturated rings. The second kappa shape index (κ2) is 10.6. The molecular weight excluding hydrogens is 332 g/mol. The standard InChI is InChI=1S/C19H30N4O3/c1-5-23(6-2)19(26)15-9-7-14(8-10-15)11-21-16(24)12-22-18(25)17(20)13(3)4/h7-10,13,17H,5-6,11-12,20H2,1-4H3,(H,21,24)(H,22,25)/t17-/m0/s1. The lowest BCUT2D eigenvalue weighted by molar-refractivity contribution is -0.127. The van der Waals surface area contributed by atoms with Gasteiger partial charge in [-0.05, 0) is 37.5 Å². The normalized spacial score (nSPS) is 11.8. The summed E-state index contributed by atoms with van der Waals surface area (Å²) in [7, 11) is 0. The average Bonchev–Trinajstić information content (AvgIpc) is 2.64. The SMILES string of the molecule is CCN(CC)C(=O)c1ccc(CNC(=O)CNC(=O)[C@@H](N)C(C)C)cc1. The predicted molar refractivity (Wildman–Crippen MR) is 101 cm³/mol. The topological polar surface area (TPSA) is 105 Å². The van der Waals surface area contributed by atoms with Gasteiger partial charge in [0.15, 0.2) is 0 Å². The smallest absolute Gasteiger partial charge is 0.253 e. The molecule has 0 unspecified atom stereocenters. The summed E-state index contributed by atoms with van der Waals surface area (Å²) in [6, 6.07) is 6.50. The number of carbonyl (C=O) groups excluding carboxylic acids is 3. The molecule has 0 aliphatic rings. The molecule has 26 heavy (non-hydrogen) atoms. The van der Waals surface area contributed by atoms with Crippen LogP contribution < -0.4 is 16.4 Å². The zero-order valence-electron chi connectivity index (χ0n) is 16.0. The highest BCUT2D eigenvalue weighted by Gasteiger charge is 2.17. The molecule has 0 heterocycles. The van der Waals surface area contributed by atoms with Gasteiger partial charge in [0, 0.05) is 25.2 Å². The van der Waals surface area contributed by atoms with Gasteiger partial charge >= 0.3 is 0 Å². The first kappa shape index (κ1) is 21.6. The second-order valence-electron chi connectivity index (χ2n) is 6.44. The Bertz CT molecular complexity index is 610. The van der Waals surface area contributed by atoms with E-state index in [2.05, 4.69) is 10.6 Å². The van der Waals surface area contributed by atoms with Gasteiger partial charge < -0.3 is 21.3 Å². The van der Waals surface area contributed by atoms with Gasteiger partial charge in [0.25, 0.3) is 5.91 Å². The third-order valence-corrected chi connectivity index (χ3v) is 4.19. The fourth-order valence-corrected chi connectivity index (χ4v) is 2.31. The van der Waals surface area contributed by atoms with Crippen molar-refractivity contribution in [1.82, 2.24) is 15.5 Å². The Kier molecular flexibility index (Phi) is 8.78. The Morgan fingerprint density at radius 3 is 2.12 bits per heavy atom. The van der Waals surface area contributed by atoms with E-state index in [0.717, 1.165) is 5.56 Å². The minimum absolute atomic E-state index is 0.00482. The van der Waals surface area contributed by atoms with Crippen LogP contribution in [0, 0.1) is 5.92 Å². The Balaban J connectivity index is 2.47. The summed E-state index contributed by atoms with van der Waals surface area (Å²) in [6.07, 6.45) is 0. The number of nitrogens with zero attached hydrogens (tertiary/aromatic N) is 1. The lowest BCUT2D eigenvalue weighted by Gasteiger charge is -2.18. The van der Waals surface area contributed by atoms with E-state index in [4.69, 9.17) is 5.73 Å². The lowest BCUT2D eigenvalue weighted by Crippen LogP contribution is -2.47. The van der Waals surface area contributed by atoms with E-state index in [-0.39, 0.29) is 30.2 Å². The van der Waals surface area contributed by atoms with Crippen LogP contribution >= 0.6 is 0 Å². The van der Waals surface area contributed by atoms with Crippen molar-refractivity contribution in [2.45, 2.75) is 40.3 Å². The molecule has 0 bridgehead atoms.